The van der Waals surface area contributed by atoms with Crippen LogP contribution in [0.4, 0.5) is 0 Å². The summed E-state index contributed by atoms with van der Waals surface area (Å²) in [4.78, 5) is 22.3. The van der Waals surface area contributed by atoms with Crippen LogP contribution in [0.25, 0.3) is 0 Å². The molecule has 0 radical (unpaired) electrons. The zero-order valence-electron chi connectivity index (χ0n) is 10.3. The third kappa shape index (κ3) is 3.02. The Kier molecular flexibility index (Phi) is 3.63. The van der Waals surface area contributed by atoms with E-state index in [1.165, 1.54) is 0 Å². The van der Waals surface area contributed by atoms with Crippen molar-refractivity contribution in [2.45, 2.75) is 39.5 Å². The van der Waals surface area contributed by atoms with Crippen LogP contribution in [0.3, 0.4) is 0 Å². The Morgan fingerprint density at radius 1 is 1.06 bits per heavy atom. The van der Waals surface area contributed by atoms with Gasteiger partial charge in [0.1, 0.15) is 5.78 Å². The van der Waals surface area contributed by atoms with E-state index in [9.17, 15) is 9.59 Å². The summed E-state index contributed by atoms with van der Waals surface area (Å²) in [6.07, 6.45) is 0.520. The van der Waals surface area contributed by atoms with Crippen LogP contribution in [-0.2, 0) is 10.2 Å². The van der Waals surface area contributed by atoms with Crippen molar-refractivity contribution < 1.29 is 9.59 Å². The van der Waals surface area contributed by atoms with Gasteiger partial charge in [-0.1, -0.05) is 38.1 Å². The highest BCUT2D eigenvalue weighted by molar-refractivity contribution is 5.94. The Hall–Kier alpha value is -1.44. The van der Waals surface area contributed by atoms with E-state index < -0.39 is 0 Å². The van der Waals surface area contributed by atoms with E-state index in [4.69, 9.17) is 0 Å². The van der Waals surface area contributed by atoms with Crippen molar-refractivity contribution in [1.82, 2.24) is 0 Å². The van der Waals surface area contributed by atoms with E-state index in [0.717, 1.165) is 5.56 Å². The molecule has 86 valence electrons. The first kappa shape index (κ1) is 12.6. The lowest BCUT2D eigenvalue weighted by Gasteiger charge is -2.24. The van der Waals surface area contributed by atoms with Gasteiger partial charge in [0.2, 0.25) is 0 Å². The molecular weight excluding hydrogens is 200 g/mol. The van der Waals surface area contributed by atoms with Crippen molar-refractivity contribution in [3.05, 3.63) is 35.4 Å². The number of rotatable bonds is 4. The number of benzene rings is 1. The van der Waals surface area contributed by atoms with Gasteiger partial charge in [-0.05, 0) is 24.8 Å². The summed E-state index contributed by atoms with van der Waals surface area (Å²) >= 11 is 0. The molecule has 0 aliphatic carbocycles. The minimum absolute atomic E-state index is 0.0657. The molecule has 0 aliphatic rings. The SMILES string of the molecule is CC(=O)CC(C)(C)c1ccc(C(C)=O)cc1. The molecule has 0 atom stereocenters. The smallest absolute Gasteiger partial charge is 0.159 e. The molecule has 1 aromatic rings. The van der Waals surface area contributed by atoms with E-state index >= 15 is 0 Å². The minimum atomic E-state index is -0.166. The highest BCUT2D eigenvalue weighted by atomic mass is 16.1. The lowest BCUT2D eigenvalue weighted by molar-refractivity contribution is -0.118. The average molecular weight is 218 g/mol. The van der Waals surface area contributed by atoms with Crippen molar-refractivity contribution in [3.63, 3.8) is 0 Å². The van der Waals surface area contributed by atoms with E-state index in [0.29, 0.717) is 12.0 Å². The molecule has 1 aromatic carbocycles. The zero-order chi connectivity index (χ0) is 12.3. The Labute approximate surface area is 96.7 Å². The van der Waals surface area contributed by atoms with E-state index in [1.807, 2.05) is 38.1 Å². The van der Waals surface area contributed by atoms with Crippen molar-refractivity contribution in [2.75, 3.05) is 0 Å². The van der Waals surface area contributed by atoms with Gasteiger partial charge < -0.3 is 0 Å². The number of ketones is 2. The Balaban J connectivity index is 2.96. The van der Waals surface area contributed by atoms with Gasteiger partial charge in [0.05, 0.1) is 0 Å². The molecule has 0 aliphatic heterocycles. The largest absolute Gasteiger partial charge is 0.300 e. The number of hydrogen-bond donors (Lipinski definition) is 0. The highest BCUT2D eigenvalue weighted by Crippen LogP contribution is 2.27. The third-order valence-electron chi connectivity index (χ3n) is 2.76. The van der Waals surface area contributed by atoms with Crippen LogP contribution in [0.1, 0.15) is 50.0 Å². The summed E-state index contributed by atoms with van der Waals surface area (Å²) < 4.78 is 0. The van der Waals surface area contributed by atoms with Gasteiger partial charge in [0.25, 0.3) is 0 Å². The number of carbonyl (C=O) groups excluding carboxylic acids is 2. The predicted octanol–water partition coefficient (Wildman–Crippen LogP) is 3.15. The molecule has 0 bridgehead atoms. The maximum Gasteiger partial charge on any atom is 0.159 e. The molecule has 0 N–H and O–H groups in total. The first-order chi connectivity index (χ1) is 7.33. The van der Waals surface area contributed by atoms with Crippen LogP contribution in [0.5, 0.6) is 0 Å². The summed E-state index contributed by atoms with van der Waals surface area (Å²) in [5.41, 5.74) is 1.64. The molecule has 0 fully saturated rings. The zero-order valence-corrected chi connectivity index (χ0v) is 10.3. The lowest BCUT2D eigenvalue weighted by Crippen LogP contribution is -2.20. The van der Waals surface area contributed by atoms with Crippen LogP contribution < -0.4 is 0 Å². The summed E-state index contributed by atoms with van der Waals surface area (Å²) in [7, 11) is 0. The maximum absolute atomic E-state index is 11.2. The summed E-state index contributed by atoms with van der Waals surface area (Å²) in [6, 6.07) is 7.50. The number of carbonyl (C=O) groups is 2. The molecule has 0 unspecified atom stereocenters. The summed E-state index contributed by atoms with van der Waals surface area (Å²) in [5.74, 6) is 0.247. The highest BCUT2D eigenvalue weighted by Gasteiger charge is 2.22. The van der Waals surface area contributed by atoms with Gasteiger partial charge in [-0.15, -0.1) is 0 Å². The van der Waals surface area contributed by atoms with Gasteiger partial charge >= 0.3 is 0 Å². The second-order valence-corrected chi connectivity index (χ2v) is 4.90. The first-order valence-electron chi connectivity index (χ1n) is 5.44. The second kappa shape index (κ2) is 4.60. The fourth-order valence-electron chi connectivity index (χ4n) is 1.88. The molecule has 2 nitrogen and oxygen atoms in total. The van der Waals surface area contributed by atoms with Crippen molar-refractivity contribution in [1.29, 1.82) is 0 Å². The minimum Gasteiger partial charge on any atom is -0.300 e. The van der Waals surface area contributed by atoms with Gasteiger partial charge in [-0.25, -0.2) is 0 Å². The van der Waals surface area contributed by atoms with E-state index in [-0.39, 0.29) is 17.0 Å². The second-order valence-electron chi connectivity index (χ2n) is 4.90. The molecule has 0 spiro atoms. The van der Waals surface area contributed by atoms with Gasteiger partial charge in [-0.3, -0.25) is 9.59 Å². The fraction of sp³-hybridized carbons (Fsp3) is 0.429. The quantitative estimate of drug-likeness (QED) is 0.727. The molecule has 0 saturated heterocycles. The predicted molar refractivity (Wildman–Crippen MR) is 64.8 cm³/mol. The fourth-order valence-corrected chi connectivity index (χ4v) is 1.88. The molecule has 16 heavy (non-hydrogen) atoms. The van der Waals surface area contributed by atoms with Crippen LogP contribution in [0.2, 0.25) is 0 Å². The number of hydrogen-bond acceptors (Lipinski definition) is 2. The van der Waals surface area contributed by atoms with Crippen LogP contribution in [0, 0.1) is 0 Å². The normalized spacial score (nSPS) is 11.2. The number of Topliss-reactive ketones (excluding diaryl/α,β-unsaturated/α-hetero) is 2. The molecule has 0 amide bonds. The van der Waals surface area contributed by atoms with Crippen molar-refractivity contribution in [3.8, 4) is 0 Å². The van der Waals surface area contributed by atoms with Gasteiger partial charge in [0.15, 0.2) is 5.78 Å². The maximum atomic E-state index is 11.2. The van der Waals surface area contributed by atoms with Gasteiger partial charge in [0, 0.05) is 12.0 Å². The Bertz CT molecular complexity index is 399. The van der Waals surface area contributed by atoms with Crippen molar-refractivity contribution >= 4 is 11.6 Å². The van der Waals surface area contributed by atoms with Crippen LogP contribution >= 0.6 is 0 Å². The molecular formula is C14H18O2. The Morgan fingerprint density at radius 2 is 1.56 bits per heavy atom. The third-order valence-corrected chi connectivity index (χ3v) is 2.76. The summed E-state index contributed by atoms with van der Waals surface area (Å²) in [5, 5.41) is 0. The molecule has 2 heteroatoms. The van der Waals surface area contributed by atoms with E-state index in [2.05, 4.69) is 0 Å². The van der Waals surface area contributed by atoms with E-state index in [1.54, 1.807) is 13.8 Å². The van der Waals surface area contributed by atoms with Crippen LogP contribution in [-0.4, -0.2) is 11.6 Å². The van der Waals surface area contributed by atoms with Crippen molar-refractivity contribution in [2.24, 2.45) is 0 Å². The lowest BCUT2D eigenvalue weighted by atomic mass is 9.80. The standard InChI is InChI=1S/C14H18O2/c1-10(15)9-14(3,4)13-7-5-12(6-8-13)11(2)16/h5-8H,9H2,1-4H3. The van der Waals surface area contributed by atoms with Gasteiger partial charge in [-0.2, -0.15) is 0 Å². The Morgan fingerprint density at radius 3 is 1.94 bits per heavy atom. The van der Waals surface area contributed by atoms with Crippen LogP contribution in [0.15, 0.2) is 24.3 Å². The first-order valence-corrected chi connectivity index (χ1v) is 5.44. The average Bonchev–Trinajstić information content (AvgIpc) is 2.16. The monoisotopic (exact) mass is 218 g/mol. The molecule has 0 aromatic heterocycles. The summed E-state index contributed by atoms with van der Waals surface area (Å²) in [6.45, 7) is 7.23. The molecule has 0 heterocycles. The molecule has 1 rings (SSSR count). The molecule has 0 saturated carbocycles. The topological polar surface area (TPSA) is 34.1 Å².